The molecule has 1 aliphatic rings. The van der Waals surface area contributed by atoms with Gasteiger partial charge in [0.05, 0.1) is 0 Å². The molecule has 6 heteroatoms. The molecule has 0 saturated heterocycles. The van der Waals surface area contributed by atoms with E-state index in [0.717, 1.165) is 23.1 Å². The van der Waals surface area contributed by atoms with Crippen molar-refractivity contribution in [2.45, 2.75) is 32.8 Å². The van der Waals surface area contributed by atoms with E-state index in [4.69, 9.17) is 4.74 Å². The summed E-state index contributed by atoms with van der Waals surface area (Å²) < 4.78 is 5.40. The Morgan fingerprint density at radius 3 is 2.86 bits per heavy atom. The molecule has 0 saturated carbocycles. The molecule has 1 aliphatic heterocycles. The summed E-state index contributed by atoms with van der Waals surface area (Å²) in [5.41, 5.74) is 2.61. The van der Waals surface area contributed by atoms with Gasteiger partial charge in [-0.05, 0) is 38.8 Å². The van der Waals surface area contributed by atoms with Crippen LogP contribution in [0.3, 0.4) is 0 Å². The second kappa shape index (κ2) is 5.44. The lowest BCUT2D eigenvalue weighted by Crippen LogP contribution is -2.39. The van der Waals surface area contributed by atoms with Crippen LogP contribution in [0.25, 0.3) is 16.6 Å². The Bertz CT molecular complexity index is 694. The van der Waals surface area contributed by atoms with Crippen molar-refractivity contribution in [1.82, 2.24) is 19.9 Å². The molecule has 3 rings (SSSR count). The molecule has 2 aromatic heterocycles. The first-order chi connectivity index (χ1) is 10.4. The fourth-order valence-corrected chi connectivity index (χ4v) is 2.45. The summed E-state index contributed by atoms with van der Waals surface area (Å²) in [6, 6.07) is 2.05. The molecule has 0 aliphatic carbocycles. The van der Waals surface area contributed by atoms with E-state index in [0.29, 0.717) is 13.1 Å². The zero-order valence-corrected chi connectivity index (χ0v) is 13.1. The Hall–Kier alpha value is -2.37. The van der Waals surface area contributed by atoms with Crippen molar-refractivity contribution in [3.8, 4) is 0 Å². The first-order valence-corrected chi connectivity index (χ1v) is 7.38. The average molecular weight is 300 g/mol. The molecule has 1 N–H and O–H groups in total. The first-order valence-electron chi connectivity index (χ1n) is 7.38. The fraction of sp³-hybridized carbons (Fsp3) is 0.438. The maximum absolute atomic E-state index is 12.0. The molecule has 0 radical (unpaired) electrons. The van der Waals surface area contributed by atoms with E-state index in [1.54, 1.807) is 11.1 Å². The van der Waals surface area contributed by atoms with Crippen LogP contribution in [-0.2, 0) is 4.74 Å². The minimum Gasteiger partial charge on any atom is -0.444 e. The van der Waals surface area contributed by atoms with Gasteiger partial charge in [-0.25, -0.2) is 14.8 Å². The van der Waals surface area contributed by atoms with Gasteiger partial charge in [0.15, 0.2) is 0 Å². The van der Waals surface area contributed by atoms with Crippen molar-refractivity contribution in [1.29, 1.82) is 0 Å². The monoisotopic (exact) mass is 300 g/mol. The topological polar surface area (TPSA) is 71.1 Å². The van der Waals surface area contributed by atoms with Crippen LogP contribution in [0.5, 0.6) is 0 Å². The van der Waals surface area contributed by atoms with Gasteiger partial charge in [0.1, 0.15) is 17.6 Å². The number of amides is 1. The molecule has 0 unspecified atom stereocenters. The van der Waals surface area contributed by atoms with Crippen LogP contribution in [0, 0.1) is 0 Å². The molecule has 1 amide bonds. The lowest BCUT2D eigenvalue weighted by atomic mass is 10.1. The number of nitrogens with one attached hydrogen (secondary N) is 1. The van der Waals surface area contributed by atoms with E-state index in [9.17, 15) is 4.79 Å². The van der Waals surface area contributed by atoms with E-state index in [1.807, 2.05) is 26.8 Å². The standard InChI is InChI=1S/C16H20N4O2/c1-16(2,3)22-15(21)20-6-4-11(5-7-20)13-8-12-9-17-10-18-14(12)19-13/h4,8-10H,5-7H2,1-3H3,(H,17,18,19). The predicted octanol–water partition coefficient (Wildman–Crippen LogP) is 2.98. The highest BCUT2D eigenvalue weighted by Crippen LogP contribution is 2.25. The molecule has 0 fully saturated rings. The highest BCUT2D eigenvalue weighted by atomic mass is 16.6. The zero-order valence-electron chi connectivity index (χ0n) is 13.1. The van der Waals surface area contributed by atoms with Crippen molar-refractivity contribution < 1.29 is 9.53 Å². The maximum Gasteiger partial charge on any atom is 0.410 e. The van der Waals surface area contributed by atoms with E-state index in [-0.39, 0.29) is 6.09 Å². The van der Waals surface area contributed by atoms with Crippen molar-refractivity contribution in [2.24, 2.45) is 0 Å². The molecule has 0 aromatic carbocycles. The smallest absolute Gasteiger partial charge is 0.410 e. The summed E-state index contributed by atoms with van der Waals surface area (Å²) in [5.74, 6) is 0. The Morgan fingerprint density at radius 2 is 2.23 bits per heavy atom. The molecule has 0 atom stereocenters. The van der Waals surface area contributed by atoms with Gasteiger partial charge in [-0.15, -0.1) is 0 Å². The molecule has 0 bridgehead atoms. The molecular formula is C16H20N4O2. The van der Waals surface area contributed by atoms with Crippen LogP contribution in [0.4, 0.5) is 4.79 Å². The van der Waals surface area contributed by atoms with Gasteiger partial charge in [-0.1, -0.05) is 6.08 Å². The van der Waals surface area contributed by atoms with Crippen LogP contribution >= 0.6 is 0 Å². The normalized spacial score (nSPS) is 15.8. The quantitative estimate of drug-likeness (QED) is 0.879. The summed E-state index contributed by atoms with van der Waals surface area (Å²) in [7, 11) is 0. The van der Waals surface area contributed by atoms with Crippen molar-refractivity contribution in [3.05, 3.63) is 30.4 Å². The third kappa shape index (κ3) is 3.10. The Kier molecular flexibility index (Phi) is 3.60. The van der Waals surface area contributed by atoms with Crippen LogP contribution in [0.1, 0.15) is 32.9 Å². The van der Waals surface area contributed by atoms with Gasteiger partial charge in [-0.3, -0.25) is 0 Å². The minimum absolute atomic E-state index is 0.259. The second-order valence-electron chi connectivity index (χ2n) is 6.42. The Morgan fingerprint density at radius 1 is 1.41 bits per heavy atom. The lowest BCUT2D eigenvalue weighted by molar-refractivity contribution is 0.0270. The summed E-state index contributed by atoms with van der Waals surface area (Å²) in [4.78, 5) is 25.3. The van der Waals surface area contributed by atoms with E-state index in [1.165, 1.54) is 11.9 Å². The van der Waals surface area contributed by atoms with E-state index >= 15 is 0 Å². The predicted molar refractivity (Wildman–Crippen MR) is 84.3 cm³/mol. The molecule has 0 spiro atoms. The minimum atomic E-state index is -0.461. The number of hydrogen-bond donors (Lipinski definition) is 1. The van der Waals surface area contributed by atoms with E-state index < -0.39 is 5.60 Å². The molecular weight excluding hydrogens is 280 g/mol. The number of H-pyrrole nitrogens is 1. The SMILES string of the molecule is CC(C)(C)OC(=O)N1CC=C(c2cc3cncnc3[nH]2)CC1. The van der Waals surface area contributed by atoms with E-state index in [2.05, 4.69) is 21.0 Å². The van der Waals surface area contributed by atoms with Gasteiger partial charge in [0.2, 0.25) is 0 Å². The molecule has 2 aromatic rings. The van der Waals surface area contributed by atoms with Crippen molar-refractivity contribution in [3.63, 3.8) is 0 Å². The van der Waals surface area contributed by atoms with Crippen LogP contribution in [0.15, 0.2) is 24.7 Å². The van der Waals surface area contributed by atoms with Crippen LogP contribution < -0.4 is 0 Å². The molecule has 22 heavy (non-hydrogen) atoms. The van der Waals surface area contributed by atoms with Crippen molar-refractivity contribution in [2.75, 3.05) is 13.1 Å². The molecule has 116 valence electrons. The fourth-order valence-electron chi connectivity index (χ4n) is 2.45. The lowest BCUT2D eigenvalue weighted by Gasteiger charge is -2.29. The number of rotatable bonds is 1. The average Bonchev–Trinajstić information content (AvgIpc) is 2.89. The number of aromatic amines is 1. The first kappa shape index (κ1) is 14.6. The molecule has 6 nitrogen and oxygen atoms in total. The van der Waals surface area contributed by atoms with Gasteiger partial charge < -0.3 is 14.6 Å². The van der Waals surface area contributed by atoms with Gasteiger partial charge in [0, 0.05) is 30.4 Å². The maximum atomic E-state index is 12.0. The van der Waals surface area contributed by atoms with Gasteiger partial charge in [-0.2, -0.15) is 0 Å². The largest absolute Gasteiger partial charge is 0.444 e. The van der Waals surface area contributed by atoms with Crippen LogP contribution in [-0.4, -0.2) is 44.6 Å². The summed E-state index contributed by atoms with van der Waals surface area (Å²) >= 11 is 0. The number of carbonyl (C=O) groups is 1. The summed E-state index contributed by atoms with van der Waals surface area (Å²) in [6.07, 6.45) is 5.91. The number of carbonyl (C=O) groups excluding carboxylic acids is 1. The Labute approximate surface area is 129 Å². The zero-order chi connectivity index (χ0) is 15.7. The third-order valence-corrected chi connectivity index (χ3v) is 3.50. The number of aromatic nitrogens is 3. The third-order valence-electron chi connectivity index (χ3n) is 3.50. The highest BCUT2D eigenvalue weighted by Gasteiger charge is 2.24. The summed E-state index contributed by atoms with van der Waals surface area (Å²) in [5, 5.41) is 0.993. The van der Waals surface area contributed by atoms with Crippen LogP contribution in [0.2, 0.25) is 0 Å². The highest BCUT2D eigenvalue weighted by molar-refractivity contribution is 5.81. The second-order valence-corrected chi connectivity index (χ2v) is 6.42. The number of fused-ring (bicyclic) bond motifs is 1. The molecule has 3 heterocycles. The summed E-state index contributed by atoms with van der Waals surface area (Å²) in [6.45, 7) is 6.85. The van der Waals surface area contributed by atoms with Crippen molar-refractivity contribution >= 4 is 22.7 Å². The Balaban J connectivity index is 1.72. The number of hydrogen-bond acceptors (Lipinski definition) is 4. The number of ether oxygens (including phenoxy) is 1. The van der Waals surface area contributed by atoms with Gasteiger partial charge in [0.25, 0.3) is 0 Å². The number of nitrogens with zero attached hydrogens (tertiary/aromatic N) is 3. The van der Waals surface area contributed by atoms with Gasteiger partial charge >= 0.3 is 6.09 Å².